The smallest absolute Gasteiger partial charge is 0.270 e. The number of ether oxygens (including phenoxy) is 1. The lowest BCUT2D eigenvalue weighted by Gasteiger charge is -2.10. The maximum absolute atomic E-state index is 12.6. The highest BCUT2D eigenvalue weighted by atomic mass is 32.2. The van der Waals surface area contributed by atoms with E-state index in [1.165, 1.54) is 49.6 Å². The van der Waals surface area contributed by atoms with Gasteiger partial charge in [-0.05, 0) is 42.5 Å². The summed E-state index contributed by atoms with van der Waals surface area (Å²) in [5.41, 5.74) is 0.595. The monoisotopic (exact) mass is 427 g/mol. The fourth-order valence-electron chi connectivity index (χ4n) is 2.58. The van der Waals surface area contributed by atoms with E-state index in [0.29, 0.717) is 17.1 Å². The van der Waals surface area contributed by atoms with Crippen LogP contribution in [0, 0.1) is 10.1 Å². The fraction of sp³-hybridized carbons (Fsp3) is 0.0500. The van der Waals surface area contributed by atoms with Crippen LogP contribution in [0.1, 0.15) is 10.4 Å². The van der Waals surface area contributed by atoms with Crippen molar-refractivity contribution in [3.63, 3.8) is 0 Å². The third-order valence-corrected chi connectivity index (χ3v) is 5.46. The highest BCUT2D eigenvalue weighted by Gasteiger charge is 2.16. The number of nitro benzene ring substituents is 1. The molecule has 0 aliphatic heterocycles. The van der Waals surface area contributed by atoms with Gasteiger partial charge in [0.2, 0.25) is 0 Å². The summed E-state index contributed by atoms with van der Waals surface area (Å²) in [6.45, 7) is 0. The van der Waals surface area contributed by atoms with E-state index in [-0.39, 0.29) is 16.1 Å². The van der Waals surface area contributed by atoms with Crippen LogP contribution >= 0.6 is 0 Å². The zero-order valence-corrected chi connectivity index (χ0v) is 16.5. The van der Waals surface area contributed by atoms with Crippen LogP contribution < -0.4 is 14.8 Å². The minimum atomic E-state index is -3.84. The second-order valence-corrected chi connectivity index (χ2v) is 7.81. The van der Waals surface area contributed by atoms with Gasteiger partial charge in [0, 0.05) is 29.4 Å². The number of non-ortho nitro benzene ring substituents is 1. The van der Waals surface area contributed by atoms with Crippen molar-refractivity contribution < 1.29 is 22.9 Å². The molecule has 154 valence electrons. The van der Waals surface area contributed by atoms with Gasteiger partial charge < -0.3 is 10.1 Å². The van der Waals surface area contributed by atoms with Gasteiger partial charge in [0.15, 0.2) is 0 Å². The van der Waals surface area contributed by atoms with Gasteiger partial charge in [0.25, 0.3) is 21.6 Å². The van der Waals surface area contributed by atoms with Crippen LogP contribution in [0.5, 0.6) is 5.75 Å². The predicted octanol–water partition coefficient (Wildman–Crippen LogP) is 3.66. The molecular weight excluding hydrogens is 410 g/mol. The lowest BCUT2D eigenvalue weighted by molar-refractivity contribution is -0.384. The summed E-state index contributed by atoms with van der Waals surface area (Å²) in [7, 11) is -2.36. The molecule has 3 aromatic carbocycles. The first kappa shape index (κ1) is 20.8. The average Bonchev–Trinajstić information content (AvgIpc) is 2.74. The maximum atomic E-state index is 12.6. The number of carbonyl (C=O) groups excluding carboxylic acids is 1. The summed E-state index contributed by atoms with van der Waals surface area (Å²) in [5.74, 6) is -0.0433. The molecule has 0 aromatic heterocycles. The number of hydrogen-bond donors (Lipinski definition) is 2. The van der Waals surface area contributed by atoms with E-state index in [2.05, 4.69) is 10.0 Å². The van der Waals surface area contributed by atoms with Crippen molar-refractivity contribution >= 4 is 33.0 Å². The van der Waals surface area contributed by atoms with E-state index in [0.717, 1.165) is 6.07 Å². The van der Waals surface area contributed by atoms with Crippen molar-refractivity contribution in [2.45, 2.75) is 4.90 Å². The van der Waals surface area contributed by atoms with Gasteiger partial charge in [-0.1, -0.05) is 12.1 Å². The van der Waals surface area contributed by atoms with Gasteiger partial charge in [-0.25, -0.2) is 8.42 Å². The topological polar surface area (TPSA) is 128 Å². The molecule has 0 spiro atoms. The molecule has 10 heteroatoms. The normalized spacial score (nSPS) is 10.8. The molecule has 0 saturated heterocycles. The van der Waals surface area contributed by atoms with Crippen LogP contribution in [0.2, 0.25) is 0 Å². The Hall–Kier alpha value is -3.92. The number of anilines is 2. The van der Waals surface area contributed by atoms with E-state index in [1.54, 1.807) is 24.3 Å². The Morgan fingerprint density at radius 3 is 2.33 bits per heavy atom. The van der Waals surface area contributed by atoms with Gasteiger partial charge in [0.05, 0.1) is 22.6 Å². The number of sulfonamides is 1. The Kier molecular flexibility index (Phi) is 5.98. The third kappa shape index (κ3) is 4.92. The number of rotatable bonds is 7. The standard InChI is InChI=1S/C20H17N3O6S/c1-29-18-7-3-5-16(13-18)22-30(27,28)19-10-8-15(9-11-19)21-20(24)14-4-2-6-17(12-14)23(25)26/h2-13,22H,1H3,(H,21,24). The van der Waals surface area contributed by atoms with Gasteiger partial charge in [-0.2, -0.15) is 0 Å². The highest BCUT2D eigenvalue weighted by molar-refractivity contribution is 7.92. The second-order valence-electron chi connectivity index (χ2n) is 6.12. The molecule has 0 atom stereocenters. The summed E-state index contributed by atoms with van der Waals surface area (Å²) in [6.07, 6.45) is 0. The van der Waals surface area contributed by atoms with Gasteiger partial charge in [-0.15, -0.1) is 0 Å². The lowest BCUT2D eigenvalue weighted by atomic mass is 10.2. The Balaban J connectivity index is 1.73. The molecule has 0 aliphatic rings. The second kappa shape index (κ2) is 8.62. The van der Waals surface area contributed by atoms with Gasteiger partial charge in [-0.3, -0.25) is 19.6 Å². The molecule has 30 heavy (non-hydrogen) atoms. The van der Waals surface area contributed by atoms with Crippen molar-refractivity contribution in [3.8, 4) is 5.75 Å². The molecule has 2 N–H and O–H groups in total. The summed E-state index contributed by atoms with van der Waals surface area (Å²) >= 11 is 0. The summed E-state index contributed by atoms with van der Waals surface area (Å²) in [5, 5.41) is 13.4. The molecule has 0 bridgehead atoms. The number of amides is 1. The Bertz CT molecular complexity index is 1190. The number of benzene rings is 3. The van der Waals surface area contributed by atoms with Crippen molar-refractivity contribution in [1.29, 1.82) is 0 Å². The van der Waals surface area contributed by atoms with Crippen LogP contribution in [0.15, 0.2) is 77.7 Å². The van der Waals surface area contributed by atoms with E-state index in [1.807, 2.05) is 0 Å². The molecule has 0 unspecified atom stereocenters. The molecule has 0 radical (unpaired) electrons. The SMILES string of the molecule is COc1cccc(NS(=O)(=O)c2ccc(NC(=O)c3cccc([N+](=O)[O-])c3)cc2)c1. The molecular formula is C20H17N3O6S. The molecule has 0 aliphatic carbocycles. The van der Waals surface area contributed by atoms with Crippen LogP contribution in [-0.2, 0) is 10.0 Å². The highest BCUT2D eigenvalue weighted by Crippen LogP contribution is 2.22. The number of nitrogens with zero attached hydrogens (tertiary/aromatic N) is 1. The van der Waals surface area contributed by atoms with Gasteiger partial charge in [0.1, 0.15) is 5.75 Å². The molecule has 1 amide bonds. The predicted molar refractivity (Wildman–Crippen MR) is 111 cm³/mol. The Morgan fingerprint density at radius 2 is 1.67 bits per heavy atom. The van der Waals surface area contributed by atoms with Gasteiger partial charge >= 0.3 is 0 Å². The molecule has 9 nitrogen and oxygen atoms in total. The summed E-state index contributed by atoms with van der Waals surface area (Å²) in [4.78, 5) is 22.5. The first-order valence-electron chi connectivity index (χ1n) is 8.61. The molecule has 3 rings (SSSR count). The number of methoxy groups -OCH3 is 1. The van der Waals surface area contributed by atoms with Crippen molar-refractivity contribution in [1.82, 2.24) is 0 Å². The maximum Gasteiger partial charge on any atom is 0.270 e. The van der Waals surface area contributed by atoms with E-state index < -0.39 is 20.9 Å². The summed E-state index contributed by atoms with van der Waals surface area (Å²) < 4.78 is 32.6. The quantitative estimate of drug-likeness (QED) is 0.437. The minimum Gasteiger partial charge on any atom is -0.497 e. The number of hydrogen-bond acceptors (Lipinski definition) is 6. The fourth-order valence-corrected chi connectivity index (χ4v) is 3.63. The summed E-state index contributed by atoms with van der Waals surface area (Å²) in [6, 6.07) is 17.3. The number of carbonyl (C=O) groups is 1. The molecule has 3 aromatic rings. The minimum absolute atomic E-state index is 0.00123. The van der Waals surface area contributed by atoms with E-state index in [9.17, 15) is 23.3 Å². The Labute approximate surface area is 172 Å². The van der Waals surface area contributed by atoms with E-state index >= 15 is 0 Å². The number of nitro groups is 1. The van der Waals surface area contributed by atoms with Crippen LogP contribution in [-0.4, -0.2) is 26.4 Å². The van der Waals surface area contributed by atoms with Crippen molar-refractivity contribution in [3.05, 3.63) is 88.5 Å². The van der Waals surface area contributed by atoms with E-state index in [4.69, 9.17) is 4.74 Å². The van der Waals surface area contributed by atoms with Crippen LogP contribution in [0.25, 0.3) is 0 Å². The number of nitrogens with one attached hydrogen (secondary N) is 2. The van der Waals surface area contributed by atoms with Crippen molar-refractivity contribution in [2.75, 3.05) is 17.1 Å². The van der Waals surface area contributed by atoms with Crippen LogP contribution in [0.4, 0.5) is 17.1 Å². The first-order chi connectivity index (χ1) is 14.3. The zero-order chi connectivity index (χ0) is 21.7. The largest absolute Gasteiger partial charge is 0.497 e. The molecule has 0 saturated carbocycles. The van der Waals surface area contributed by atoms with Crippen LogP contribution in [0.3, 0.4) is 0 Å². The zero-order valence-electron chi connectivity index (χ0n) is 15.7. The van der Waals surface area contributed by atoms with Crippen molar-refractivity contribution in [2.24, 2.45) is 0 Å². The lowest BCUT2D eigenvalue weighted by Crippen LogP contribution is -2.14. The third-order valence-electron chi connectivity index (χ3n) is 4.06. The Morgan fingerprint density at radius 1 is 0.967 bits per heavy atom. The first-order valence-corrected chi connectivity index (χ1v) is 10.1. The average molecular weight is 427 g/mol. The molecule has 0 heterocycles. The molecule has 0 fully saturated rings.